The molecule has 2 heterocycles. The molecule has 0 spiro atoms. The fourth-order valence-electron chi connectivity index (χ4n) is 6.75. The molecule has 0 bridgehead atoms. The second-order valence-electron chi connectivity index (χ2n) is 15.0. The third-order valence-corrected chi connectivity index (χ3v) is 11.5. The maximum absolute atomic E-state index is 12.2. The second kappa shape index (κ2) is 16.8. The van der Waals surface area contributed by atoms with E-state index >= 15 is 0 Å². The first-order valence-electron chi connectivity index (χ1n) is 19.0. The van der Waals surface area contributed by atoms with Crippen LogP contribution in [0.5, 0.6) is 0 Å². The van der Waals surface area contributed by atoms with Crippen LogP contribution in [-0.2, 0) is 24.9 Å². The van der Waals surface area contributed by atoms with Crippen molar-refractivity contribution in [3.05, 3.63) is 121 Å². The van der Waals surface area contributed by atoms with Crippen molar-refractivity contribution in [3.63, 3.8) is 0 Å². The van der Waals surface area contributed by atoms with Gasteiger partial charge in [0.05, 0.1) is 11.1 Å². The van der Waals surface area contributed by atoms with E-state index in [4.69, 9.17) is 14.4 Å². The van der Waals surface area contributed by atoms with E-state index in [1.54, 1.807) is 0 Å². The minimum absolute atomic E-state index is 0. The summed E-state index contributed by atoms with van der Waals surface area (Å²) >= 11 is 0. The zero-order valence-electron chi connectivity index (χ0n) is 32.7. The SMILES string of the molecule is CC(C)c1nc(-c2[c-]ccc3c2oc2ccccc23)c2ccc3cc(-c4ccccc4)ccc3c2n1.CCC(C)(CC)C(=O)/C=C(\O)C(C)(CC)CC.[Ir]. The van der Waals surface area contributed by atoms with Gasteiger partial charge in [-0.25, -0.2) is 4.98 Å². The molecule has 0 amide bonds. The van der Waals surface area contributed by atoms with Crippen LogP contribution in [0, 0.1) is 16.9 Å². The first-order valence-corrected chi connectivity index (χ1v) is 19.0. The van der Waals surface area contributed by atoms with Crippen molar-refractivity contribution in [3.8, 4) is 22.4 Å². The molecule has 5 nitrogen and oxygen atoms in total. The smallest absolute Gasteiger partial charge is 0.164 e. The molecule has 7 aromatic rings. The molecule has 2 aromatic heterocycles. The van der Waals surface area contributed by atoms with Gasteiger partial charge in [0.1, 0.15) is 17.2 Å². The number of aliphatic hydroxyl groups excluding tert-OH is 1. The molecule has 0 aliphatic carbocycles. The Morgan fingerprint density at radius 3 is 2.07 bits per heavy atom. The number of hydrogen-bond acceptors (Lipinski definition) is 5. The van der Waals surface area contributed by atoms with E-state index in [9.17, 15) is 9.90 Å². The summed E-state index contributed by atoms with van der Waals surface area (Å²) < 4.78 is 6.35. The van der Waals surface area contributed by atoms with Crippen LogP contribution in [0.2, 0.25) is 0 Å². The zero-order valence-corrected chi connectivity index (χ0v) is 35.1. The van der Waals surface area contributed by atoms with Gasteiger partial charge in [-0.2, -0.15) is 0 Å². The number of benzene rings is 5. The monoisotopic (exact) mass is 896 g/mol. The number of nitrogens with zero attached hydrogens (tertiary/aromatic N) is 2. The van der Waals surface area contributed by atoms with Gasteiger partial charge in [0.25, 0.3) is 0 Å². The van der Waals surface area contributed by atoms with Gasteiger partial charge < -0.3 is 9.52 Å². The van der Waals surface area contributed by atoms with Gasteiger partial charge in [-0.15, -0.1) is 18.2 Å². The Balaban J connectivity index is 0.000000267. The topological polar surface area (TPSA) is 76.2 Å². The van der Waals surface area contributed by atoms with E-state index < -0.39 is 0 Å². The van der Waals surface area contributed by atoms with Gasteiger partial charge in [0, 0.05) is 59.4 Å². The van der Waals surface area contributed by atoms with E-state index in [1.807, 2.05) is 71.9 Å². The van der Waals surface area contributed by atoms with Crippen molar-refractivity contribution in [2.45, 2.75) is 87.0 Å². The van der Waals surface area contributed by atoms with E-state index in [0.29, 0.717) is 0 Å². The van der Waals surface area contributed by atoms with Gasteiger partial charge in [-0.05, 0) is 59.7 Å². The molecule has 7 rings (SSSR count). The number of hydrogen-bond donors (Lipinski definition) is 1. The number of ketones is 1. The quantitative estimate of drug-likeness (QED) is 0.0641. The Labute approximate surface area is 333 Å². The number of para-hydroxylation sites is 1. The summed E-state index contributed by atoms with van der Waals surface area (Å²) in [7, 11) is 0. The van der Waals surface area contributed by atoms with Crippen LogP contribution in [0.1, 0.15) is 92.8 Å². The van der Waals surface area contributed by atoms with Crippen LogP contribution in [0.3, 0.4) is 0 Å². The fourth-order valence-corrected chi connectivity index (χ4v) is 6.75. The molecule has 0 aliphatic rings. The molecule has 1 N–H and O–H groups in total. The molecule has 6 heteroatoms. The standard InChI is InChI=1S/C33H23N2O.C15H28O2.Ir/c1-20(2)33-34-30-24-17-15-22(21-9-4-3-5-10-21)19-23(24)16-18-27(30)31(35-33)28-13-8-12-26-25-11-6-7-14-29(25)36-32(26)28;1-7-14(5,8-2)12(16)11-13(17)15(6,9-3)10-4;/h3-12,14-20H,1-2H3;11,16H,7-10H2,1-6H3;/q-1;;/b;12-11-;. The Bertz CT molecular complexity index is 2440. The van der Waals surface area contributed by atoms with Crippen LogP contribution in [-0.4, -0.2) is 20.9 Å². The molecule has 1 radical (unpaired) electrons. The second-order valence-corrected chi connectivity index (χ2v) is 15.0. The molecule has 0 saturated heterocycles. The number of aromatic nitrogens is 2. The van der Waals surface area contributed by atoms with Crippen LogP contribution >= 0.6 is 0 Å². The summed E-state index contributed by atoms with van der Waals surface area (Å²) in [6.07, 6.45) is 4.75. The average molecular weight is 896 g/mol. The minimum Gasteiger partial charge on any atom is -0.512 e. The number of carbonyl (C=O) groups excluding carboxylic acids is 1. The molecular weight excluding hydrogens is 845 g/mol. The van der Waals surface area contributed by atoms with Crippen LogP contribution in [0.25, 0.3) is 66.0 Å². The zero-order chi connectivity index (χ0) is 37.9. The molecule has 0 aliphatic heterocycles. The number of fused-ring (bicyclic) bond motifs is 6. The van der Waals surface area contributed by atoms with E-state index in [0.717, 1.165) is 86.4 Å². The first-order chi connectivity index (χ1) is 25.5. The molecule has 0 atom stereocenters. The summed E-state index contributed by atoms with van der Waals surface area (Å²) in [5.41, 5.74) is 6.18. The Morgan fingerprint density at radius 2 is 1.41 bits per heavy atom. The molecule has 0 fully saturated rings. The van der Waals surface area contributed by atoms with Gasteiger partial charge in [-0.1, -0.05) is 139 Å². The molecular formula is C48H51IrN2O3-. The number of rotatable bonds is 10. The van der Waals surface area contributed by atoms with E-state index in [-0.39, 0.29) is 48.4 Å². The van der Waals surface area contributed by atoms with Gasteiger partial charge in [0.15, 0.2) is 5.78 Å². The summed E-state index contributed by atoms with van der Waals surface area (Å²) in [4.78, 5) is 22.3. The molecule has 54 heavy (non-hydrogen) atoms. The maximum atomic E-state index is 12.2. The predicted molar refractivity (Wildman–Crippen MR) is 221 cm³/mol. The van der Waals surface area contributed by atoms with Crippen molar-refractivity contribution in [1.29, 1.82) is 0 Å². The molecule has 281 valence electrons. The number of aliphatic hydroxyl groups is 1. The summed E-state index contributed by atoms with van der Waals surface area (Å²) in [6.45, 7) is 16.4. The summed E-state index contributed by atoms with van der Waals surface area (Å²) in [5.74, 6) is 1.29. The number of furan rings is 1. The largest absolute Gasteiger partial charge is 0.512 e. The van der Waals surface area contributed by atoms with Crippen LogP contribution < -0.4 is 0 Å². The van der Waals surface area contributed by atoms with Gasteiger partial charge in [0.2, 0.25) is 0 Å². The van der Waals surface area contributed by atoms with Crippen molar-refractivity contribution >= 4 is 49.4 Å². The van der Waals surface area contributed by atoms with Crippen molar-refractivity contribution in [1.82, 2.24) is 9.97 Å². The van der Waals surface area contributed by atoms with Crippen molar-refractivity contribution in [2.24, 2.45) is 10.8 Å². The summed E-state index contributed by atoms with van der Waals surface area (Å²) in [6, 6.07) is 37.0. The Morgan fingerprint density at radius 1 is 0.759 bits per heavy atom. The third-order valence-electron chi connectivity index (χ3n) is 11.5. The Hall–Kier alpha value is -4.64. The van der Waals surface area contributed by atoms with Gasteiger partial charge in [-0.3, -0.25) is 9.78 Å². The van der Waals surface area contributed by atoms with Crippen LogP contribution in [0.15, 0.2) is 113 Å². The summed E-state index contributed by atoms with van der Waals surface area (Å²) in [5, 5.41) is 15.6. The molecule has 0 unspecified atom stereocenters. The fraction of sp³-hybridized carbons (Fsp3) is 0.312. The van der Waals surface area contributed by atoms with Crippen molar-refractivity contribution in [2.75, 3.05) is 0 Å². The predicted octanol–water partition coefficient (Wildman–Crippen LogP) is 13.6. The molecule has 5 aromatic carbocycles. The average Bonchev–Trinajstić information content (AvgIpc) is 3.59. The number of allylic oxidation sites excluding steroid dienone is 2. The maximum Gasteiger partial charge on any atom is 0.164 e. The van der Waals surface area contributed by atoms with Gasteiger partial charge >= 0.3 is 0 Å². The third kappa shape index (κ3) is 7.78. The van der Waals surface area contributed by atoms with E-state index in [2.05, 4.69) is 86.6 Å². The molecule has 0 saturated carbocycles. The van der Waals surface area contributed by atoms with Crippen molar-refractivity contribution < 1.29 is 34.4 Å². The van der Waals surface area contributed by atoms with Crippen LogP contribution in [0.4, 0.5) is 0 Å². The minimum atomic E-state index is -0.337. The first kappa shape index (κ1) is 40.5. The number of carbonyl (C=O) groups is 1. The van der Waals surface area contributed by atoms with E-state index in [1.165, 1.54) is 17.2 Å². The Kier molecular flexibility index (Phi) is 12.6. The normalized spacial score (nSPS) is 12.3.